The summed E-state index contributed by atoms with van der Waals surface area (Å²) in [5, 5.41) is 2.34. The Labute approximate surface area is 287 Å². The average Bonchev–Trinajstić information content (AvgIpc) is 3.57. The highest BCUT2D eigenvalue weighted by atomic mass is 32.1. The van der Waals surface area contributed by atoms with Gasteiger partial charge in [0.15, 0.2) is 23.3 Å². The molecule has 0 radical (unpaired) electrons. The second-order valence-electron chi connectivity index (χ2n) is 11.7. The molecule has 0 atom stereocenters. The van der Waals surface area contributed by atoms with Gasteiger partial charge in [0.25, 0.3) is 0 Å². The zero-order valence-electron chi connectivity index (χ0n) is 26.2. The number of hydrogen-bond acceptors (Lipinski definition) is 6. The van der Waals surface area contributed by atoms with E-state index in [0.29, 0.717) is 23.3 Å². The van der Waals surface area contributed by atoms with Crippen LogP contribution < -0.4 is 0 Å². The second kappa shape index (κ2) is 12.3. The van der Waals surface area contributed by atoms with E-state index < -0.39 is 0 Å². The molecule has 0 N–H and O–H groups in total. The van der Waals surface area contributed by atoms with E-state index in [-0.39, 0.29) is 0 Å². The van der Waals surface area contributed by atoms with Crippen molar-refractivity contribution < 1.29 is 0 Å². The van der Waals surface area contributed by atoms with Gasteiger partial charge in [-0.15, -0.1) is 11.3 Å². The molecule has 6 heteroatoms. The smallest absolute Gasteiger partial charge is 0.164 e. The highest BCUT2D eigenvalue weighted by Crippen LogP contribution is 2.42. The monoisotopic (exact) mass is 645 g/mol. The molecule has 49 heavy (non-hydrogen) atoms. The summed E-state index contributed by atoms with van der Waals surface area (Å²) in [5.41, 5.74) is 7.73. The highest BCUT2D eigenvalue weighted by Gasteiger charge is 2.18. The lowest BCUT2D eigenvalue weighted by molar-refractivity contribution is 1.07. The Kier molecular flexibility index (Phi) is 7.26. The third kappa shape index (κ3) is 5.54. The van der Waals surface area contributed by atoms with Gasteiger partial charge in [0.1, 0.15) is 0 Å². The Balaban J connectivity index is 1.20. The number of fused-ring (bicyclic) bond motifs is 3. The first-order valence-corrected chi connectivity index (χ1v) is 16.9. The Morgan fingerprint density at radius 2 is 0.816 bits per heavy atom. The fourth-order valence-electron chi connectivity index (χ4n) is 6.17. The summed E-state index contributed by atoms with van der Waals surface area (Å²) in [6, 6.07) is 55.7. The predicted molar refractivity (Wildman–Crippen MR) is 201 cm³/mol. The normalized spacial score (nSPS) is 11.3. The maximum atomic E-state index is 5.14. The van der Waals surface area contributed by atoms with E-state index in [1.807, 2.05) is 97.1 Å². The van der Waals surface area contributed by atoms with Gasteiger partial charge in [-0.25, -0.2) is 24.9 Å². The molecule has 3 aromatic heterocycles. The van der Waals surface area contributed by atoms with Crippen LogP contribution in [0.1, 0.15) is 0 Å². The molecule has 0 spiro atoms. The van der Waals surface area contributed by atoms with Crippen LogP contribution in [0.3, 0.4) is 0 Å². The van der Waals surface area contributed by atoms with Crippen LogP contribution in [0, 0.1) is 0 Å². The Hall–Kier alpha value is -6.37. The molecule has 0 aliphatic carbocycles. The zero-order chi connectivity index (χ0) is 32.6. The van der Waals surface area contributed by atoms with Gasteiger partial charge < -0.3 is 0 Å². The van der Waals surface area contributed by atoms with Crippen molar-refractivity contribution in [1.82, 2.24) is 24.9 Å². The molecule has 6 aromatic carbocycles. The molecule has 0 saturated heterocycles. The number of aromatic nitrogens is 5. The summed E-state index contributed by atoms with van der Waals surface area (Å²) >= 11 is 1.77. The molecule has 0 bridgehead atoms. The first-order chi connectivity index (χ1) is 24.3. The van der Waals surface area contributed by atoms with Crippen molar-refractivity contribution in [3.63, 3.8) is 0 Å². The first kappa shape index (κ1) is 28.8. The molecule has 230 valence electrons. The molecule has 0 aliphatic heterocycles. The lowest BCUT2D eigenvalue weighted by atomic mass is 10.0. The van der Waals surface area contributed by atoms with Gasteiger partial charge in [-0.05, 0) is 18.2 Å². The van der Waals surface area contributed by atoms with Crippen LogP contribution in [0.25, 0.3) is 88.2 Å². The van der Waals surface area contributed by atoms with Gasteiger partial charge in [-0.2, -0.15) is 0 Å². The van der Waals surface area contributed by atoms with Crippen LogP contribution in [0.4, 0.5) is 0 Å². The standard InChI is InChI=1S/C43H27N5S/c1-5-14-28(15-6-1)35-27-36(45-40(44-35)29-16-7-2-8-17-29)33-22-13-23-37-39(33)34-25-24-32(26-38(34)49-37)43-47-41(30-18-9-3-10-19-30)46-42(48-43)31-20-11-4-12-21-31/h1-27H. The SMILES string of the molecule is c1ccc(-c2cc(-c3cccc4sc5cc(-c6nc(-c7ccccc7)nc(-c7ccccc7)n6)ccc5c34)nc(-c3ccccc3)n2)cc1. The van der Waals surface area contributed by atoms with Crippen LogP contribution in [-0.2, 0) is 0 Å². The van der Waals surface area contributed by atoms with Gasteiger partial charge in [0.2, 0.25) is 0 Å². The molecular formula is C43H27N5S. The second-order valence-corrected chi connectivity index (χ2v) is 12.8. The molecule has 0 saturated carbocycles. The van der Waals surface area contributed by atoms with Gasteiger partial charge in [0, 0.05) is 53.6 Å². The van der Waals surface area contributed by atoms with Crippen molar-refractivity contribution in [2.24, 2.45) is 0 Å². The lowest BCUT2D eigenvalue weighted by Gasteiger charge is -2.11. The molecule has 9 rings (SSSR count). The minimum Gasteiger partial charge on any atom is -0.228 e. The molecule has 5 nitrogen and oxygen atoms in total. The van der Waals surface area contributed by atoms with Crippen LogP contribution in [0.2, 0.25) is 0 Å². The first-order valence-electron chi connectivity index (χ1n) is 16.1. The maximum absolute atomic E-state index is 5.14. The van der Waals surface area contributed by atoms with Gasteiger partial charge in [-0.1, -0.05) is 146 Å². The largest absolute Gasteiger partial charge is 0.228 e. The van der Waals surface area contributed by atoms with E-state index in [1.165, 1.54) is 15.5 Å². The Bertz CT molecular complexity index is 2470. The summed E-state index contributed by atoms with van der Waals surface area (Å²) in [7, 11) is 0. The van der Waals surface area contributed by atoms with Crippen LogP contribution in [0.5, 0.6) is 0 Å². The van der Waals surface area contributed by atoms with Gasteiger partial charge in [0.05, 0.1) is 11.4 Å². The van der Waals surface area contributed by atoms with E-state index >= 15 is 0 Å². The molecule has 9 aromatic rings. The van der Waals surface area contributed by atoms with Crippen molar-refractivity contribution in [1.29, 1.82) is 0 Å². The van der Waals surface area contributed by atoms with E-state index in [1.54, 1.807) is 11.3 Å². The van der Waals surface area contributed by atoms with Crippen LogP contribution in [0.15, 0.2) is 164 Å². The third-order valence-corrected chi connectivity index (χ3v) is 9.68. The lowest BCUT2D eigenvalue weighted by Crippen LogP contribution is -2.00. The zero-order valence-corrected chi connectivity index (χ0v) is 27.0. The number of rotatable bonds is 6. The highest BCUT2D eigenvalue weighted by molar-refractivity contribution is 7.26. The molecule has 3 heterocycles. The maximum Gasteiger partial charge on any atom is 0.164 e. The Morgan fingerprint density at radius 1 is 0.327 bits per heavy atom. The predicted octanol–water partition coefficient (Wildman–Crippen LogP) is 11.0. The Morgan fingerprint density at radius 3 is 1.39 bits per heavy atom. The van der Waals surface area contributed by atoms with Crippen molar-refractivity contribution in [2.75, 3.05) is 0 Å². The van der Waals surface area contributed by atoms with Crippen molar-refractivity contribution in [3.8, 4) is 68.1 Å². The minimum absolute atomic E-state index is 0.642. The van der Waals surface area contributed by atoms with Crippen molar-refractivity contribution in [3.05, 3.63) is 164 Å². The number of hydrogen-bond donors (Lipinski definition) is 0. The van der Waals surface area contributed by atoms with Gasteiger partial charge >= 0.3 is 0 Å². The van der Waals surface area contributed by atoms with E-state index in [2.05, 4.69) is 66.7 Å². The molecular weight excluding hydrogens is 619 g/mol. The third-order valence-electron chi connectivity index (χ3n) is 8.56. The minimum atomic E-state index is 0.642. The number of nitrogens with zero attached hydrogens (tertiary/aromatic N) is 5. The van der Waals surface area contributed by atoms with Crippen LogP contribution >= 0.6 is 11.3 Å². The molecule has 0 aliphatic rings. The summed E-state index contributed by atoms with van der Waals surface area (Å²) in [6.07, 6.45) is 0. The quantitative estimate of drug-likeness (QED) is 0.180. The molecule has 0 amide bonds. The molecule has 0 unspecified atom stereocenters. The summed E-state index contributed by atoms with van der Waals surface area (Å²) in [5.74, 6) is 2.64. The van der Waals surface area contributed by atoms with Crippen LogP contribution in [-0.4, -0.2) is 24.9 Å². The van der Waals surface area contributed by atoms with E-state index in [0.717, 1.165) is 49.5 Å². The fourth-order valence-corrected chi connectivity index (χ4v) is 7.35. The van der Waals surface area contributed by atoms with Crippen molar-refractivity contribution >= 4 is 31.5 Å². The number of thiophene rings is 1. The van der Waals surface area contributed by atoms with Crippen molar-refractivity contribution in [2.45, 2.75) is 0 Å². The van der Waals surface area contributed by atoms with E-state index in [4.69, 9.17) is 24.9 Å². The average molecular weight is 646 g/mol. The van der Waals surface area contributed by atoms with E-state index in [9.17, 15) is 0 Å². The number of benzene rings is 6. The summed E-state index contributed by atoms with van der Waals surface area (Å²) in [6.45, 7) is 0. The topological polar surface area (TPSA) is 64.5 Å². The summed E-state index contributed by atoms with van der Waals surface area (Å²) < 4.78 is 2.35. The summed E-state index contributed by atoms with van der Waals surface area (Å²) in [4.78, 5) is 25.0. The van der Waals surface area contributed by atoms with Gasteiger partial charge in [-0.3, -0.25) is 0 Å². The molecule has 0 fully saturated rings. The fraction of sp³-hybridized carbons (Fsp3) is 0.